The van der Waals surface area contributed by atoms with Crippen LogP contribution in [-0.4, -0.2) is 13.1 Å². The van der Waals surface area contributed by atoms with Gasteiger partial charge in [-0.2, -0.15) is 0 Å². The summed E-state index contributed by atoms with van der Waals surface area (Å²) in [4.78, 5) is 11.4. The average Bonchev–Trinajstić information content (AvgIpc) is 2.16. The van der Waals surface area contributed by atoms with Crippen molar-refractivity contribution in [3.05, 3.63) is 34.4 Å². The van der Waals surface area contributed by atoms with E-state index in [1.807, 2.05) is 13.8 Å². The Morgan fingerprint density at radius 2 is 1.86 bits per heavy atom. The van der Waals surface area contributed by atoms with Crippen molar-refractivity contribution in [2.24, 2.45) is 0 Å². The highest BCUT2D eigenvalue weighted by Gasteiger charge is 2.12. The van der Waals surface area contributed by atoms with Crippen LogP contribution in [0.4, 0.5) is 0 Å². The molecule has 0 amide bonds. The smallest absolute Gasteiger partial charge is 0.338 e. The number of rotatable bonds is 1. The first kappa shape index (κ1) is 10.3. The molecule has 0 saturated heterocycles. The third-order valence-electron chi connectivity index (χ3n) is 2.09. The number of hydrogen-bond donors (Lipinski definition) is 0. The molecule has 1 aromatic rings. The lowest BCUT2D eigenvalue weighted by molar-refractivity contribution is 0.0599. The molecule has 1 rings (SSSR count). The minimum absolute atomic E-state index is 0.316. The lowest BCUT2D eigenvalue weighted by Crippen LogP contribution is -2.06. The van der Waals surface area contributed by atoms with Gasteiger partial charge in [-0.05, 0) is 37.1 Å². The van der Waals surface area contributed by atoms with Crippen molar-refractivity contribution >= 4 is 5.97 Å². The summed E-state index contributed by atoms with van der Waals surface area (Å²) in [6.45, 7) is 3.69. The van der Waals surface area contributed by atoms with Crippen molar-refractivity contribution in [3.8, 4) is 12.3 Å². The maximum absolute atomic E-state index is 11.4. The van der Waals surface area contributed by atoms with Crippen LogP contribution >= 0.6 is 0 Å². The molecule has 0 radical (unpaired) electrons. The Hall–Kier alpha value is -1.75. The fraction of sp³-hybridized carbons (Fsp3) is 0.250. The number of terminal acetylenes is 1. The Kier molecular flexibility index (Phi) is 2.93. The van der Waals surface area contributed by atoms with Gasteiger partial charge in [0.25, 0.3) is 0 Å². The average molecular weight is 188 g/mol. The molecular weight excluding hydrogens is 176 g/mol. The first-order valence-corrected chi connectivity index (χ1v) is 4.26. The Morgan fingerprint density at radius 3 is 2.21 bits per heavy atom. The van der Waals surface area contributed by atoms with Gasteiger partial charge in [0, 0.05) is 5.56 Å². The van der Waals surface area contributed by atoms with E-state index in [2.05, 4.69) is 10.7 Å². The molecule has 0 N–H and O–H groups in total. The van der Waals surface area contributed by atoms with Gasteiger partial charge in [0.15, 0.2) is 0 Å². The van der Waals surface area contributed by atoms with Crippen LogP contribution in [0.25, 0.3) is 0 Å². The predicted octanol–water partition coefficient (Wildman–Crippen LogP) is 2.07. The summed E-state index contributed by atoms with van der Waals surface area (Å²) >= 11 is 0. The second-order valence-corrected chi connectivity index (χ2v) is 3.12. The van der Waals surface area contributed by atoms with E-state index in [0.29, 0.717) is 5.56 Å². The zero-order chi connectivity index (χ0) is 10.7. The molecule has 0 aliphatic carbocycles. The molecule has 0 aliphatic heterocycles. The lowest BCUT2D eigenvalue weighted by Gasteiger charge is -2.08. The maximum atomic E-state index is 11.4. The molecule has 0 atom stereocenters. The van der Waals surface area contributed by atoms with Gasteiger partial charge in [-0.15, -0.1) is 6.42 Å². The van der Waals surface area contributed by atoms with Gasteiger partial charge >= 0.3 is 5.97 Å². The Bertz CT molecular complexity index is 388. The molecular formula is C12H12O2. The van der Waals surface area contributed by atoms with Crippen LogP contribution in [0.1, 0.15) is 27.0 Å². The van der Waals surface area contributed by atoms with E-state index >= 15 is 0 Å². The molecule has 14 heavy (non-hydrogen) atoms. The number of esters is 1. The van der Waals surface area contributed by atoms with E-state index < -0.39 is 0 Å². The van der Waals surface area contributed by atoms with Gasteiger partial charge < -0.3 is 4.74 Å². The van der Waals surface area contributed by atoms with Crippen molar-refractivity contribution in [1.82, 2.24) is 0 Å². The van der Waals surface area contributed by atoms with Crippen molar-refractivity contribution in [2.45, 2.75) is 13.8 Å². The van der Waals surface area contributed by atoms with E-state index in [-0.39, 0.29) is 5.97 Å². The Balaban J connectivity index is 3.34. The van der Waals surface area contributed by atoms with Gasteiger partial charge in [0.2, 0.25) is 0 Å². The topological polar surface area (TPSA) is 26.3 Å². The van der Waals surface area contributed by atoms with Crippen LogP contribution in [0, 0.1) is 26.2 Å². The monoisotopic (exact) mass is 188 g/mol. The van der Waals surface area contributed by atoms with Crippen LogP contribution in [0.15, 0.2) is 12.1 Å². The van der Waals surface area contributed by atoms with Crippen molar-refractivity contribution in [1.29, 1.82) is 0 Å². The molecule has 0 bridgehead atoms. The number of hydrogen-bond acceptors (Lipinski definition) is 2. The van der Waals surface area contributed by atoms with Crippen LogP contribution in [0.2, 0.25) is 0 Å². The summed E-state index contributed by atoms with van der Waals surface area (Å²) in [5.41, 5.74) is 3.09. The highest BCUT2D eigenvalue weighted by molar-refractivity contribution is 5.92. The van der Waals surface area contributed by atoms with E-state index in [1.54, 1.807) is 12.1 Å². The summed E-state index contributed by atoms with van der Waals surface area (Å²) in [7, 11) is 1.37. The van der Waals surface area contributed by atoms with Gasteiger partial charge in [0.1, 0.15) is 0 Å². The zero-order valence-corrected chi connectivity index (χ0v) is 8.55. The fourth-order valence-corrected chi connectivity index (χ4v) is 1.47. The molecule has 72 valence electrons. The minimum Gasteiger partial charge on any atom is -0.465 e. The Morgan fingerprint density at radius 1 is 1.36 bits per heavy atom. The maximum Gasteiger partial charge on any atom is 0.338 e. The number of benzene rings is 1. The van der Waals surface area contributed by atoms with Crippen LogP contribution in [0.3, 0.4) is 0 Å². The first-order valence-electron chi connectivity index (χ1n) is 4.26. The van der Waals surface area contributed by atoms with Crippen LogP contribution in [0.5, 0.6) is 0 Å². The number of aryl methyl sites for hydroxylation is 2. The predicted molar refractivity (Wildman–Crippen MR) is 55.2 cm³/mol. The normalized spacial score (nSPS) is 9.29. The van der Waals surface area contributed by atoms with E-state index in [9.17, 15) is 4.79 Å². The van der Waals surface area contributed by atoms with Gasteiger partial charge in [-0.25, -0.2) is 4.79 Å². The highest BCUT2D eigenvalue weighted by Crippen LogP contribution is 2.17. The molecule has 0 aliphatic rings. The third kappa shape index (κ3) is 1.77. The number of ether oxygens (including phenoxy) is 1. The summed E-state index contributed by atoms with van der Waals surface area (Å²) in [6, 6.07) is 3.61. The van der Waals surface area contributed by atoms with Gasteiger partial charge in [-0.1, -0.05) is 5.92 Å². The quantitative estimate of drug-likeness (QED) is 0.498. The summed E-state index contributed by atoms with van der Waals surface area (Å²) in [6.07, 6.45) is 5.28. The molecule has 0 aromatic heterocycles. The third-order valence-corrected chi connectivity index (χ3v) is 2.09. The Labute approximate surface area is 83.9 Å². The molecule has 0 heterocycles. The van der Waals surface area contributed by atoms with Gasteiger partial charge in [0.05, 0.1) is 12.7 Å². The summed E-state index contributed by atoms with van der Waals surface area (Å²) in [5, 5.41) is 0. The molecule has 0 spiro atoms. The van der Waals surface area contributed by atoms with Crippen LogP contribution in [-0.2, 0) is 4.74 Å². The lowest BCUT2D eigenvalue weighted by atomic mass is 10.00. The standard InChI is InChI=1S/C12H12O2/c1-5-10-6-8(2)11(9(3)7-10)12(13)14-4/h1,6-7H,2-4H3. The molecule has 0 unspecified atom stereocenters. The molecule has 1 aromatic carbocycles. The SMILES string of the molecule is C#Cc1cc(C)c(C(=O)OC)c(C)c1. The molecule has 2 nitrogen and oxygen atoms in total. The highest BCUT2D eigenvalue weighted by atomic mass is 16.5. The molecule has 0 fully saturated rings. The van der Waals surface area contributed by atoms with Crippen LogP contribution < -0.4 is 0 Å². The second kappa shape index (κ2) is 3.97. The largest absolute Gasteiger partial charge is 0.465 e. The minimum atomic E-state index is -0.316. The van der Waals surface area contributed by atoms with E-state index in [1.165, 1.54) is 7.11 Å². The van der Waals surface area contributed by atoms with E-state index in [0.717, 1.165) is 16.7 Å². The molecule has 2 heteroatoms. The summed E-state index contributed by atoms with van der Waals surface area (Å²) < 4.78 is 4.68. The van der Waals surface area contributed by atoms with E-state index in [4.69, 9.17) is 6.42 Å². The van der Waals surface area contributed by atoms with Gasteiger partial charge in [-0.3, -0.25) is 0 Å². The first-order chi connectivity index (χ1) is 6.60. The summed E-state index contributed by atoms with van der Waals surface area (Å²) in [5.74, 6) is 2.22. The second-order valence-electron chi connectivity index (χ2n) is 3.12. The molecule has 0 saturated carbocycles. The van der Waals surface area contributed by atoms with Crippen molar-refractivity contribution in [3.63, 3.8) is 0 Å². The number of methoxy groups -OCH3 is 1. The van der Waals surface area contributed by atoms with Crippen molar-refractivity contribution in [2.75, 3.05) is 7.11 Å². The fourth-order valence-electron chi connectivity index (χ4n) is 1.47. The zero-order valence-electron chi connectivity index (χ0n) is 8.55. The number of carbonyl (C=O) groups excluding carboxylic acids is 1. The van der Waals surface area contributed by atoms with Crippen molar-refractivity contribution < 1.29 is 9.53 Å². The number of carbonyl (C=O) groups is 1.